The SMILES string of the molecule is O=C(C=Cc1ccc(-c2ccc(Oc3cc(C(=O)O)c(C(=O)O)cc3-c3cc(C(=O)O)c(C(=O)O)cc3Oc3ccc(-c4ccc(C=CC(=O)c5ccccc5)cc4)cc3)cc2)cc1)c1ccccc1. The minimum Gasteiger partial charge on any atom is -0.478 e. The molecule has 0 aliphatic carbocycles. The zero-order chi connectivity index (χ0) is 49.3. The summed E-state index contributed by atoms with van der Waals surface area (Å²) in [4.78, 5) is 75.0. The van der Waals surface area contributed by atoms with E-state index in [1.54, 1.807) is 109 Å². The van der Waals surface area contributed by atoms with Crippen molar-refractivity contribution in [2.24, 2.45) is 0 Å². The Bertz CT molecular complexity index is 3130. The van der Waals surface area contributed by atoms with Gasteiger partial charge in [-0.15, -0.1) is 0 Å². The second-order valence-corrected chi connectivity index (χ2v) is 15.6. The molecule has 0 unspecified atom stereocenters. The number of carbonyl (C=O) groups excluding carboxylic acids is 2. The molecular formula is C58H38O12. The Balaban J connectivity index is 1.09. The number of ketones is 2. The van der Waals surface area contributed by atoms with Crippen molar-refractivity contribution in [2.45, 2.75) is 0 Å². The molecule has 0 aliphatic heterocycles. The molecule has 0 spiro atoms. The number of benzene rings is 8. The van der Waals surface area contributed by atoms with E-state index in [1.165, 1.54) is 12.2 Å². The summed E-state index contributed by atoms with van der Waals surface area (Å²) in [5.41, 5.74) is 3.11. The first-order chi connectivity index (χ1) is 33.8. The largest absolute Gasteiger partial charge is 0.478 e. The van der Waals surface area contributed by atoms with Gasteiger partial charge in [-0.1, -0.05) is 146 Å². The summed E-state index contributed by atoms with van der Waals surface area (Å²) in [6, 6.07) is 50.1. The lowest BCUT2D eigenvalue weighted by molar-refractivity contribution is 0.0651. The van der Waals surface area contributed by atoms with E-state index < -0.39 is 46.1 Å². The Morgan fingerprint density at radius 2 is 0.629 bits per heavy atom. The van der Waals surface area contributed by atoms with Crippen LogP contribution in [-0.2, 0) is 0 Å². The molecule has 0 aromatic heterocycles. The van der Waals surface area contributed by atoms with Crippen molar-refractivity contribution in [3.8, 4) is 56.4 Å². The normalized spacial score (nSPS) is 11.0. The van der Waals surface area contributed by atoms with E-state index in [1.807, 2.05) is 60.7 Å². The van der Waals surface area contributed by atoms with Crippen LogP contribution in [0.25, 0.3) is 45.5 Å². The molecule has 8 aromatic carbocycles. The fourth-order valence-corrected chi connectivity index (χ4v) is 7.46. The Kier molecular flexibility index (Phi) is 13.8. The van der Waals surface area contributed by atoms with Crippen LogP contribution in [0.3, 0.4) is 0 Å². The third-order valence-corrected chi connectivity index (χ3v) is 11.1. The molecular weight excluding hydrogens is 889 g/mol. The molecule has 4 N–H and O–H groups in total. The number of hydrogen-bond donors (Lipinski definition) is 4. The molecule has 0 aliphatic rings. The van der Waals surface area contributed by atoms with E-state index >= 15 is 0 Å². The third kappa shape index (κ3) is 10.8. The van der Waals surface area contributed by atoms with Gasteiger partial charge in [0.25, 0.3) is 0 Å². The average Bonchev–Trinajstić information content (AvgIpc) is 3.38. The highest BCUT2D eigenvalue weighted by molar-refractivity contribution is 6.08. The number of hydrogen-bond acceptors (Lipinski definition) is 8. The molecule has 70 heavy (non-hydrogen) atoms. The highest BCUT2D eigenvalue weighted by atomic mass is 16.5. The van der Waals surface area contributed by atoms with Gasteiger partial charge in [-0.3, -0.25) is 9.59 Å². The minimum atomic E-state index is -1.61. The molecule has 12 heteroatoms. The zero-order valence-corrected chi connectivity index (χ0v) is 36.7. The topological polar surface area (TPSA) is 202 Å². The maximum absolute atomic E-state index is 12.5. The average molecular weight is 927 g/mol. The molecule has 0 amide bonds. The van der Waals surface area contributed by atoms with E-state index in [-0.39, 0.29) is 45.7 Å². The van der Waals surface area contributed by atoms with Gasteiger partial charge in [0.1, 0.15) is 23.0 Å². The standard InChI is InChI=1S/C58H38O12/c59-51(41-7-3-1-4-8-41)29-15-35-11-17-37(18-12-35)39-21-25-43(26-22-39)69-53-33-49(57(65)66)47(55(61)62)31-45(53)46-32-48(56(63)64)50(58(67)68)34-54(46)70-44-27-23-40(24-28-44)38-19-13-36(14-20-38)16-30-52(60)42-9-5-2-6-10-42/h1-34H,(H,61,62)(H,63,64)(H,65,66)(H,67,68). The van der Waals surface area contributed by atoms with Crippen LogP contribution in [0.15, 0.2) is 194 Å². The number of carbonyl (C=O) groups is 6. The summed E-state index contributed by atoms with van der Waals surface area (Å²) in [7, 11) is 0. The van der Waals surface area contributed by atoms with Gasteiger partial charge in [0.05, 0.1) is 22.3 Å². The Hall–Kier alpha value is -9.94. The predicted molar refractivity (Wildman–Crippen MR) is 263 cm³/mol. The van der Waals surface area contributed by atoms with Crippen LogP contribution in [0.2, 0.25) is 0 Å². The lowest BCUT2D eigenvalue weighted by Crippen LogP contribution is -2.11. The zero-order valence-electron chi connectivity index (χ0n) is 36.7. The third-order valence-electron chi connectivity index (χ3n) is 11.1. The Morgan fingerprint density at radius 3 is 0.929 bits per heavy atom. The molecule has 0 bridgehead atoms. The summed E-state index contributed by atoms with van der Waals surface area (Å²) >= 11 is 0. The van der Waals surface area contributed by atoms with Crippen molar-refractivity contribution in [2.75, 3.05) is 0 Å². The van der Waals surface area contributed by atoms with Crippen molar-refractivity contribution in [3.05, 3.63) is 239 Å². The van der Waals surface area contributed by atoms with Crippen LogP contribution in [0.4, 0.5) is 0 Å². The number of ether oxygens (including phenoxy) is 2. The minimum absolute atomic E-state index is 0.119. The van der Waals surface area contributed by atoms with E-state index in [9.17, 15) is 49.2 Å². The lowest BCUT2D eigenvalue weighted by Gasteiger charge is -2.19. The highest BCUT2D eigenvalue weighted by Crippen LogP contribution is 2.44. The van der Waals surface area contributed by atoms with Gasteiger partial charge in [-0.25, -0.2) is 19.2 Å². The fourth-order valence-electron chi connectivity index (χ4n) is 7.46. The first-order valence-corrected chi connectivity index (χ1v) is 21.4. The molecule has 0 saturated carbocycles. The number of carboxylic acids is 4. The van der Waals surface area contributed by atoms with E-state index in [2.05, 4.69) is 0 Å². The summed E-state index contributed by atoms with van der Waals surface area (Å²) < 4.78 is 12.5. The van der Waals surface area contributed by atoms with Gasteiger partial charge in [-0.05, 0) is 94.1 Å². The van der Waals surface area contributed by atoms with Crippen molar-refractivity contribution >= 4 is 47.6 Å². The fraction of sp³-hybridized carbons (Fsp3) is 0. The van der Waals surface area contributed by atoms with Crippen LogP contribution >= 0.6 is 0 Å². The molecule has 0 radical (unpaired) electrons. The number of carboxylic acid groups (broad SMARTS) is 4. The van der Waals surface area contributed by atoms with E-state index in [4.69, 9.17) is 9.47 Å². The van der Waals surface area contributed by atoms with Gasteiger partial charge in [0, 0.05) is 22.3 Å². The molecule has 8 rings (SSSR count). The van der Waals surface area contributed by atoms with E-state index in [0.717, 1.165) is 57.6 Å². The second kappa shape index (κ2) is 20.7. The van der Waals surface area contributed by atoms with Crippen LogP contribution in [0.5, 0.6) is 23.0 Å². The lowest BCUT2D eigenvalue weighted by atomic mass is 9.93. The predicted octanol–water partition coefficient (Wildman–Crippen LogP) is 12.9. The van der Waals surface area contributed by atoms with Crippen molar-refractivity contribution in [1.29, 1.82) is 0 Å². The first-order valence-electron chi connectivity index (χ1n) is 21.4. The van der Waals surface area contributed by atoms with Crippen LogP contribution in [0.1, 0.15) is 73.3 Å². The van der Waals surface area contributed by atoms with Crippen LogP contribution in [0, 0.1) is 0 Å². The second-order valence-electron chi connectivity index (χ2n) is 15.6. The van der Waals surface area contributed by atoms with Crippen LogP contribution < -0.4 is 9.47 Å². The molecule has 0 atom stereocenters. The first kappa shape index (κ1) is 46.6. The molecule has 342 valence electrons. The summed E-state index contributed by atoms with van der Waals surface area (Å²) in [6.45, 7) is 0. The molecule has 0 saturated heterocycles. The number of rotatable bonds is 17. The molecule has 0 heterocycles. The summed E-state index contributed by atoms with van der Waals surface area (Å²) in [6.07, 6.45) is 6.44. The summed E-state index contributed by atoms with van der Waals surface area (Å²) in [5, 5.41) is 40.6. The highest BCUT2D eigenvalue weighted by Gasteiger charge is 2.27. The maximum atomic E-state index is 12.5. The van der Waals surface area contributed by atoms with Gasteiger partial charge < -0.3 is 29.9 Å². The van der Waals surface area contributed by atoms with Gasteiger partial charge in [0.2, 0.25) is 0 Å². The van der Waals surface area contributed by atoms with Crippen molar-refractivity contribution in [1.82, 2.24) is 0 Å². The summed E-state index contributed by atoms with van der Waals surface area (Å²) in [5.74, 6) is -6.69. The quantitative estimate of drug-likeness (QED) is 0.0498. The Labute approximate surface area is 399 Å². The molecule has 12 nitrogen and oxygen atoms in total. The van der Waals surface area contributed by atoms with Crippen LogP contribution in [-0.4, -0.2) is 55.9 Å². The number of aromatic carboxylic acids is 4. The Morgan fingerprint density at radius 1 is 0.343 bits per heavy atom. The van der Waals surface area contributed by atoms with Gasteiger partial charge in [-0.2, -0.15) is 0 Å². The van der Waals surface area contributed by atoms with Gasteiger partial charge in [0.15, 0.2) is 11.6 Å². The molecule has 8 aromatic rings. The van der Waals surface area contributed by atoms with E-state index in [0.29, 0.717) is 11.1 Å². The smallest absolute Gasteiger partial charge is 0.336 e. The maximum Gasteiger partial charge on any atom is 0.336 e. The van der Waals surface area contributed by atoms with Crippen molar-refractivity contribution < 1.29 is 58.7 Å². The monoisotopic (exact) mass is 926 g/mol. The number of allylic oxidation sites excluding steroid dienone is 2. The van der Waals surface area contributed by atoms with Crippen molar-refractivity contribution in [3.63, 3.8) is 0 Å². The molecule has 0 fully saturated rings. The van der Waals surface area contributed by atoms with Gasteiger partial charge >= 0.3 is 23.9 Å².